The van der Waals surface area contributed by atoms with Crippen molar-refractivity contribution < 1.29 is 23.0 Å². The minimum absolute atomic E-state index is 0.227. The first-order chi connectivity index (χ1) is 5.46. The average Bonchev–Trinajstić information content (AvgIpc) is 2.35. The highest BCUT2D eigenvalue weighted by Crippen LogP contribution is 2.34. The molecule has 0 aromatic carbocycles. The lowest BCUT2D eigenvalue weighted by Gasteiger charge is -2.26. The second kappa shape index (κ2) is 3.22. The van der Waals surface area contributed by atoms with E-state index in [9.17, 15) is 13.2 Å². The molecule has 72 valence electrons. The molecule has 0 aromatic rings. The largest absolute Gasteiger partial charge is 0.372 e. The summed E-state index contributed by atoms with van der Waals surface area (Å²) in [6.07, 6.45) is -4.30. The molecule has 3 atom stereocenters. The van der Waals surface area contributed by atoms with Gasteiger partial charge in [-0.2, -0.15) is 0 Å². The highest BCUT2D eigenvalue weighted by molar-refractivity contribution is 4.87. The quantitative estimate of drug-likeness (QED) is 0.701. The van der Waals surface area contributed by atoms with Crippen LogP contribution in [0.15, 0.2) is 0 Å². The van der Waals surface area contributed by atoms with Gasteiger partial charge >= 0.3 is 0 Å². The molecule has 0 spiro atoms. The van der Waals surface area contributed by atoms with Gasteiger partial charge in [0.1, 0.15) is 6.10 Å². The summed E-state index contributed by atoms with van der Waals surface area (Å²) >= 11 is 0. The Morgan fingerprint density at radius 1 is 1.58 bits per heavy atom. The van der Waals surface area contributed by atoms with Gasteiger partial charge in [-0.25, -0.2) is 13.2 Å². The van der Waals surface area contributed by atoms with Gasteiger partial charge in [-0.3, -0.25) is 0 Å². The van der Waals surface area contributed by atoms with Crippen molar-refractivity contribution in [3.8, 4) is 0 Å². The normalized spacial score (nSPS) is 35.5. The zero-order valence-corrected chi connectivity index (χ0v) is 6.64. The number of alkyl halides is 3. The molecular formula is C7H11F3O2. The van der Waals surface area contributed by atoms with Gasteiger partial charge in [0, 0.05) is 6.61 Å². The standard InChI is InChI=1S/C7H11F3O2/c1-4-2-3-12-5(4)7(10,11)6(8)9/h4-6,11H,2-3H2,1H3. The van der Waals surface area contributed by atoms with Gasteiger partial charge < -0.3 is 9.84 Å². The minimum Gasteiger partial charge on any atom is -0.372 e. The molecule has 3 unspecified atom stereocenters. The fourth-order valence-corrected chi connectivity index (χ4v) is 1.34. The summed E-state index contributed by atoms with van der Waals surface area (Å²) in [5, 5.41) is 8.72. The van der Waals surface area contributed by atoms with E-state index < -0.39 is 18.4 Å². The predicted octanol–water partition coefficient (Wildman–Crippen LogP) is 1.33. The molecule has 0 amide bonds. The van der Waals surface area contributed by atoms with Gasteiger partial charge in [-0.1, -0.05) is 6.92 Å². The lowest BCUT2D eigenvalue weighted by molar-refractivity contribution is -0.248. The molecule has 0 aromatic heterocycles. The number of rotatable bonds is 2. The van der Waals surface area contributed by atoms with Crippen LogP contribution in [-0.4, -0.2) is 30.1 Å². The fourth-order valence-electron chi connectivity index (χ4n) is 1.34. The Morgan fingerprint density at radius 2 is 2.17 bits per heavy atom. The van der Waals surface area contributed by atoms with Gasteiger partial charge in [-0.05, 0) is 12.3 Å². The van der Waals surface area contributed by atoms with E-state index in [4.69, 9.17) is 5.11 Å². The fraction of sp³-hybridized carbons (Fsp3) is 1.00. The molecule has 2 nitrogen and oxygen atoms in total. The van der Waals surface area contributed by atoms with E-state index in [2.05, 4.69) is 4.74 Å². The summed E-state index contributed by atoms with van der Waals surface area (Å²) in [5.74, 6) is -3.87. The Morgan fingerprint density at radius 3 is 2.50 bits per heavy atom. The minimum atomic E-state index is -3.50. The van der Waals surface area contributed by atoms with E-state index in [0.717, 1.165) is 0 Å². The van der Waals surface area contributed by atoms with Crippen LogP contribution in [0.1, 0.15) is 13.3 Å². The first-order valence-corrected chi connectivity index (χ1v) is 3.77. The predicted molar refractivity (Wildman–Crippen MR) is 35.6 cm³/mol. The van der Waals surface area contributed by atoms with Gasteiger partial charge in [0.2, 0.25) is 0 Å². The maximum Gasteiger partial charge on any atom is 0.298 e. The summed E-state index contributed by atoms with van der Waals surface area (Å²) in [7, 11) is 0. The van der Waals surface area contributed by atoms with Crippen LogP contribution in [0, 0.1) is 5.92 Å². The highest BCUT2D eigenvalue weighted by Gasteiger charge is 2.51. The zero-order valence-electron chi connectivity index (χ0n) is 6.64. The summed E-state index contributed by atoms with van der Waals surface area (Å²) in [4.78, 5) is 0. The van der Waals surface area contributed by atoms with E-state index in [1.165, 1.54) is 0 Å². The van der Waals surface area contributed by atoms with Gasteiger partial charge in [-0.15, -0.1) is 0 Å². The first-order valence-electron chi connectivity index (χ1n) is 3.77. The van der Waals surface area contributed by atoms with Gasteiger partial charge in [0.25, 0.3) is 12.3 Å². The van der Waals surface area contributed by atoms with Crippen LogP contribution in [-0.2, 0) is 4.74 Å². The Kier molecular flexibility index (Phi) is 2.63. The van der Waals surface area contributed by atoms with E-state index in [-0.39, 0.29) is 12.5 Å². The molecule has 1 heterocycles. The van der Waals surface area contributed by atoms with E-state index in [1.54, 1.807) is 6.92 Å². The molecular weight excluding hydrogens is 173 g/mol. The Hall–Kier alpha value is -0.290. The zero-order chi connectivity index (χ0) is 9.35. The van der Waals surface area contributed by atoms with Crippen LogP contribution in [0.3, 0.4) is 0 Å². The van der Waals surface area contributed by atoms with Crippen molar-refractivity contribution in [1.82, 2.24) is 0 Å². The van der Waals surface area contributed by atoms with Crippen molar-refractivity contribution in [1.29, 1.82) is 0 Å². The van der Waals surface area contributed by atoms with Crippen LogP contribution in [0.5, 0.6) is 0 Å². The van der Waals surface area contributed by atoms with Crippen molar-refractivity contribution in [2.75, 3.05) is 6.61 Å². The molecule has 0 radical (unpaired) electrons. The lowest BCUT2D eigenvalue weighted by atomic mass is 9.98. The van der Waals surface area contributed by atoms with E-state index in [1.807, 2.05) is 0 Å². The SMILES string of the molecule is CC1CCOC1C(O)(F)C(F)F. The van der Waals surface area contributed by atoms with Crippen molar-refractivity contribution >= 4 is 0 Å². The first kappa shape index (κ1) is 9.80. The van der Waals surface area contributed by atoms with Crippen molar-refractivity contribution in [3.63, 3.8) is 0 Å². The Bertz CT molecular complexity index is 161. The summed E-state index contributed by atoms with van der Waals surface area (Å²) in [5.41, 5.74) is 0. The summed E-state index contributed by atoms with van der Waals surface area (Å²) in [6, 6.07) is 0. The maximum atomic E-state index is 12.8. The summed E-state index contributed by atoms with van der Waals surface area (Å²) < 4.78 is 41.4. The van der Waals surface area contributed by atoms with Crippen molar-refractivity contribution in [3.05, 3.63) is 0 Å². The third kappa shape index (κ3) is 1.56. The highest BCUT2D eigenvalue weighted by atomic mass is 19.3. The topological polar surface area (TPSA) is 29.5 Å². The molecule has 0 saturated carbocycles. The molecule has 0 bridgehead atoms. The molecule has 1 fully saturated rings. The molecule has 5 heteroatoms. The number of aliphatic hydroxyl groups is 1. The van der Waals surface area contributed by atoms with Gasteiger partial charge in [0.15, 0.2) is 0 Å². The molecule has 1 N–H and O–H groups in total. The maximum absolute atomic E-state index is 12.8. The Labute approximate surface area is 68.3 Å². The van der Waals surface area contributed by atoms with Crippen molar-refractivity contribution in [2.24, 2.45) is 5.92 Å². The van der Waals surface area contributed by atoms with Crippen LogP contribution in [0.25, 0.3) is 0 Å². The second-order valence-electron chi connectivity index (χ2n) is 3.09. The summed E-state index contributed by atoms with van der Waals surface area (Å²) in [6.45, 7) is 1.80. The molecule has 1 rings (SSSR count). The third-order valence-electron chi connectivity index (χ3n) is 2.09. The number of hydrogen-bond acceptors (Lipinski definition) is 2. The molecule has 1 aliphatic rings. The molecule has 1 saturated heterocycles. The smallest absolute Gasteiger partial charge is 0.298 e. The molecule has 1 aliphatic heterocycles. The number of halogens is 3. The monoisotopic (exact) mass is 184 g/mol. The van der Waals surface area contributed by atoms with Crippen LogP contribution in [0.2, 0.25) is 0 Å². The number of ether oxygens (including phenoxy) is 1. The number of hydrogen-bond donors (Lipinski definition) is 1. The Balaban J connectivity index is 2.67. The van der Waals surface area contributed by atoms with Gasteiger partial charge in [0.05, 0.1) is 0 Å². The second-order valence-corrected chi connectivity index (χ2v) is 3.09. The molecule has 12 heavy (non-hydrogen) atoms. The van der Waals surface area contributed by atoms with Crippen LogP contribution >= 0.6 is 0 Å². The van der Waals surface area contributed by atoms with Crippen LogP contribution in [0.4, 0.5) is 13.2 Å². The third-order valence-corrected chi connectivity index (χ3v) is 2.09. The van der Waals surface area contributed by atoms with E-state index in [0.29, 0.717) is 6.42 Å². The van der Waals surface area contributed by atoms with E-state index >= 15 is 0 Å². The van der Waals surface area contributed by atoms with Crippen LogP contribution < -0.4 is 0 Å². The molecule has 0 aliphatic carbocycles. The average molecular weight is 184 g/mol. The lowest BCUT2D eigenvalue weighted by Crippen LogP contribution is -2.46. The van der Waals surface area contributed by atoms with Crippen molar-refractivity contribution in [2.45, 2.75) is 31.7 Å².